The quantitative estimate of drug-likeness (QED) is 0.628. The van der Waals surface area contributed by atoms with Crippen LogP contribution in [0.1, 0.15) is 5.56 Å². The molecule has 0 saturated carbocycles. The van der Waals surface area contributed by atoms with Crippen molar-refractivity contribution in [2.24, 2.45) is 0 Å². The largest absolute Gasteiger partial charge is 0.490 e. The van der Waals surface area contributed by atoms with Crippen molar-refractivity contribution in [1.82, 2.24) is 0 Å². The molecule has 1 radical (unpaired) electrons. The second kappa shape index (κ2) is 4.34. The maximum Gasteiger partial charge on any atom is 0.233 e. The summed E-state index contributed by atoms with van der Waals surface area (Å²) in [4.78, 5) is 10.2. The maximum atomic E-state index is 10.2. The molecule has 2 nitrogen and oxygen atoms in total. The van der Waals surface area contributed by atoms with Crippen LogP contribution in [0.2, 0.25) is 0 Å². The molecule has 0 aromatic heterocycles. The lowest BCUT2D eigenvalue weighted by molar-refractivity contribution is 0.363. The second-order valence-electron chi connectivity index (χ2n) is 2.23. The van der Waals surface area contributed by atoms with Crippen LogP contribution in [0.5, 0.6) is 5.75 Å². The van der Waals surface area contributed by atoms with E-state index in [4.69, 9.17) is 4.74 Å². The van der Waals surface area contributed by atoms with Crippen molar-refractivity contribution in [2.75, 3.05) is 6.61 Å². The van der Waals surface area contributed by atoms with E-state index in [0.717, 1.165) is 0 Å². The molecule has 0 aliphatic rings. The summed E-state index contributed by atoms with van der Waals surface area (Å²) in [5.41, 5.74) is 0.497. The molecule has 0 N–H and O–H groups in total. The molecule has 0 amide bonds. The van der Waals surface area contributed by atoms with Crippen LogP contribution in [-0.4, -0.2) is 12.9 Å². The van der Waals surface area contributed by atoms with Crippen molar-refractivity contribution in [3.8, 4) is 5.75 Å². The van der Waals surface area contributed by atoms with Gasteiger partial charge in [-0.05, 0) is 12.1 Å². The number of benzene rings is 1. The van der Waals surface area contributed by atoms with Gasteiger partial charge in [0.05, 0.1) is 0 Å². The van der Waals surface area contributed by atoms with E-state index in [1.54, 1.807) is 36.6 Å². The van der Waals surface area contributed by atoms with Gasteiger partial charge in [0.25, 0.3) is 0 Å². The Hall–Kier alpha value is -1.57. The van der Waals surface area contributed by atoms with Crippen LogP contribution in [0, 0.1) is 0 Å². The third-order valence-electron chi connectivity index (χ3n) is 1.32. The van der Waals surface area contributed by atoms with E-state index < -0.39 is 0 Å². The van der Waals surface area contributed by atoms with Crippen molar-refractivity contribution in [3.05, 3.63) is 42.5 Å². The fourth-order valence-electron chi connectivity index (χ4n) is 0.805. The van der Waals surface area contributed by atoms with Crippen molar-refractivity contribution in [3.63, 3.8) is 0 Å². The summed E-state index contributed by atoms with van der Waals surface area (Å²) in [5, 5.41) is 0. The summed E-state index contributed by atoms with van der Waals surface area (Å²) in [6.07, 6.45) is 3.44. The van der Waals surface area contributed by atoms with Crippen molar-refractivity contribution >= 4 is 6.29 Å². The highest BCUT2D eigenvalue weighted by atomic mass is 16.5. The smallest absolute Gasteiger partial charge is 0.233 e. The van der Waals surface area contributed by atoms with Crippen molar-refractivity contribution in [2.45, 2.75) is 0 Å². The Morgan fingerprint density at radius 1 is 1.58 bits per heavy atom. The summed E-state index contributed by atoms with van der Waals surface area (Å²) in [6.45, 7) is 3.96. The average molecular weight is 161 g/mol. The van der Waals surface area contributed by atoms with Gasteiger partial charge in [-0.2, -0.15) is 0 Å². The summed E-state index contributed by atoms with van der Waals surface area (Å²) in [6, 6.07) is 6.84. The van der Waals surface area contributed by atoms with Gasteiger partial charge in [0.15, 0.2) is 0 Å². The number of rotatable bonds is 4. The highest BCUT2D eigenvalue weighted by Crippen LogP contribution is 2.11. The van der Waals surface area contributed by atoms with Gasteiger partial charge >= 0.3 is 0 Å². The third kappa shape index (κ3) is 2.23. The first-order chi connectivity index (χ1) is 5.86. The number of ether oxygens (including phenoxy) is 1. The molecule has 0 aliphatic heterocycles. The van der Waals surface area contributed by atoms with Crippen LogP contribution in [-0.2, 0) is 4.79 Å². The Morgan fingerprint density at radius 2 is 2.42 bits per heavy atom. The van der Waals surface area contributed by atoms with Crippen LogP contribution in [0.25, 0.3) is 0 Å². The Kier molecular flexibility index (Phi) is 3.08. The minimum Gasteiger partial charge on any atom is -0.490 e. The molecule has 0 spiro atoms. The van der Waals surface area contributed by atoms with Gasteiger partial charge in [0.1, 0.15) is 12.4 Å². The van der Waals surface area contributed by atoms with Crippen LogP contribution in [0.4, 0.5) is 0 Å². The number of hydrogen-bond donors (Lipinski definition) is 0. The van der Waals surface area contributed by atoms with Crippen molar-refractivity contribution in [1.29, 1.82) is 0 Å². The Morgan fingerprint density at radius 3 is 3.08 bits per heavy atom. The lowest BCUT2D eigenvalue weighted by atomic mass is 10.2. The average Bonchev–Trinajstić information content (AvgIpc) is 2.15. The van der Waals surface area contributed by atoms with Gasteiger partial charge in [0.2, 0.25) is 6.29 Å². The first kappa shape index (κ1) is 8.53. The molecule has 0 bridgehead atoms. The zero-order chi connectivity index (χ0) is 8.81. The van der Waals surface area contributed by atoms with Crippen LogP contribution in [0.15, 0.2) is 36.9 Å². The maximum absolute atomic E-state index is 10.2. The van der Waals surface area contributed by atoms with E-state index in [9.17, 15) is 4.79 Å². The molecule has 1 aromatic rings. The summed E-state index contributed by atoms with van der Waals surface area (Å²) < 4.78 is 5.20. The highest BCUT2D eigenvalue weighted by Gasteiger charge is 1.94. The topological polar surface area (TPSA) is 26.3 Å². The van der Waals surface area contributed by atoms with Gasteiger partial charge in [0, 0.05) is 5.56 Å². The zero-order valence-electron chi connectivity index (χ0n) is 6.62. The normalized spacial score (nSPS) is 9.00. The molecule has 0 atom stereocenters. The first-order valence-corrected chi connectivity index (χ1v) is 3.58. The van der Waals surface area contributed by atoms with Gasteiger partial charge < -0.3 is 4.74 Å². The lowest BCUT2D eigenvalue weighted by Crippen LogP contribution is -1.93. The van der Waals surface area contributed by atoms with Gasteiger partial charge in [-0.1, -0.05) is 24.8 Å². The van der Waals surface area contributed by atoms with Gasteiger partial charge in [-0.25, -0.2) is 0 Å². The Bertz CT molecular complexity index is 279. The highest BCUT2D eigenvalue weighted by molar-refractivity contribution is 5.75. The first-order valence-electron chi connectivity index (χ1n) is 3.58. The molecule has 0 heterocycles. The van der Waals surface area contributed by atoms with E-state index in [1.807, 2.05) is 0 Å². The van der Waals surface area contributed by atoms with Crippen LogP contribution < -0.4 is 4.74 Å². The molecule has 0 aliphatic carbocycles. The summed E-state index contributed by atoms with van der Waals surface area (Å²) >= 11 is 0. The lowest BCUT2D eigenvalue weighted by Gasteiger charge is -2.01. The molecule has 1 aromatic carbocycles. The molecular weight excluding hydrogens is 152 g/mol. The van der Waals surface area contributed by atoms with Gasteiger partial charge in [-0.15, -0.1) is 0 Å². The zero-order valence-corrected chi connectivity index (χ0v) is 6.62. The molecule has 2 heteroatoms. The van der Waals surface area contributed by atoms with Crippen LogP contribution in [0.3, 0.4) is 0 Å². The van der Waals surface area contributed by atoms with Gasteiger partial charge in [-0.3, -0.25) is 4.79 Å². The number of hydrogen-bond acceptors (Lipinski definition) is 2. The molecular formula is C10H9O2. The van der Waals surface area contributed by atoms with Crippen molar-refractivity contribution < 1.29 is 9.53 Å². The second-order valence-corrected chi connectivity index (χ2v) is 2.23. The Labute approximate surface area is 71.5 Å². The van der Waals surface area contributed by atoms with E-state index in [2.05, 4.69) is 6.58 Å². The number of carbonyl (C=O) groups excluding carboxylic acids is 1. The molecule has 12 heavy (non-hydrogen) atoms. The molecule has 0 saturated heterocycles. The minimum absolute atomic E-state index is 0.447. The molecule has 61 valence electrons. The predicted octanol–water partition coefficient (Wildman–Crippen LogP) is 1.71. The molecule has 0 unspecified atom stereocenters. The SMILES string of the molecule is C=CCOc1cccc([C]=O)c1. The Balaban J connectivity index is 2.72. The standard InChI is InChI=1S/C10H9O2/c1-2-6-12-10-5-3-4-9(7-10)8-11/h2-5,7H,1,6H2. The van der Waals surface area contributed by atoms with E-state index >= 15 is 0 Å². The third-order valence-corrected chi connectivity index (χ3v) is 1.32. The monoisotopic (exact) mass is 161 g/mol. The van der Waals surface area contributed by atoms with E-state index in [-0.39, 0.29) is 0 Å². The van der Waals surface area contributed by atoms with Crippen LogP contribution >= 0.6 is 0 Å². The fraction of sp³-hybridized carbons (Fsp3) is 0.100. The minimum atomic E-state index is 0.447. The summed E-state index contributed by atoms with van der Waals surface area (Å²) in [7, 11) is 0. The molecule has 0 fully saturated rings. The van der Waals surface area contributed by atoms with E-state index in [1.165, 1.54) is 0 Å². The fourth-order valence-corrected chi connectivity index (χ4v) is 0.805. The molecule has 1 rings (SSSR count). The van der Waals surface area contributed by atoms with E-state index in [0.29, 0.717) is 17.9 Å². The summed E-state index contributed by atoms with van der Waals surface area (Å²) in [5.74, 6) is 0.663. The predicted molar refractivity (Wildman–Crippen MR) is 46.9 cm³/mol.